The largest absolute Gasteiger partial charge is 0.0626 e. The summed E-state index contributed by atoms with van der Waals surface area (Å²) in [5, 5.41) is 0. The summed E-state index contributed by atoms with van der Waals surface area (Å²) in [5.74, 6) is -1.20. The third-order valence-corrected chi connectivity index (χ3v) is 1.00. The van der Waals surface area contributed by atoms with E-state index in [1.807, 2.05) is 0 Å². The molecule has 0 fully saturated rings. The topological polar surface area (TPSA) is 0 Å². The van der Waals surface area contributed by atoms with Crippen LogP contribution in [0.2, 0.25) is 0 Å². The lowest BCUT2D eigenvalue weighted by molar-refractivity contribution is 0.867. The first kappa shape index (κ1) is 2.12. The van der Waals surface area contributed by atoms with Crippen LogP contribution in [0.1, 0.15) is 33.5 Å². The molecule has 0 radical (unpaired) electrons. The molecule has 1 rings (SSSR count). The van der Waals surface area contributed by atoms with E-state index in [1.165, 1.54) is 13.8 Å². The van der Waals surface area contributed by atoms with Crippen LogP contribution in [0.4, 0.5) is 0 Å². The van der Waals surface area contributed by atoms with E-state index in [2.05, 4.69) is 0 Å². The summed E-state index contributed by atoms with van der Waals surface area (Å²) in [4.78, 5) is 0. The minimum absolute atomic E-state index is 0.0356. The molecule has 0 saturated carbocycles. The predicted octanol–water partition coefficient (Wildman–Crippen LogP) is 2.81. The molecule has 0 saturated heterocycles. The van der Waals surface area contributed by atoms with Crippen LogP contribution >= 0.6 is 0 Å². The van der Waals surface area contributed by atoms with Crippen molar-refractivity contribution in [2.75, 3.05) is 0 Å². The van der Waals surface area contributed by atoms with Gasteiger partial charge in [0.1, 0.15) is 0 Å². The minimum atomic E-state index is -1.20. The second kappa shape index (κ2) is 2.67. The van der Waals surface area contributed by atoms with E-state index in [0.29, 0.717) is 0 Å². The molecule has 0 bridgehead atoms. The average molecular weight is 126 g/mol. The van der Waals surface area contributed by atoms with Crippen molar-refractivity contribution >= 4 is 0 Å². The number of rotatable bonds is 1. The van der Waals surface area contributed by atoms with Gasteiger partial charge in [0, 0.05) is 1.37 Å². The fraction of sp³-hybridized carbons (Fsp3) is 0.333. The third-order valence-electron chi connectivity index (χ3n) is 1.00. The van der Waals surface area contributed by atoms with Crippen molar-refractivity contribution in [1.29, 1.82) is 0 Å². The molecule has 0 aliphatic carbocycles. The Bertz CT molecular complexity index is 375. The predicted molar refractivity (Wildman–Crippen MR) is 40.5 cm³/mol. The van der Waals surface area contributed by atoms with Crippen molar-refractivity contribution in [2.45, 2.75) is 19.7 Å². The zero-order valence-electron chi connectivity index (χ0n) is 11.5. The molecule has 0 aromatic heterocycles. The van der Waals surface area contributed by atoms with Gasteiger partial charge in [0.2, 0.25) is 0 Å². The van der Waals surface area contributed by atoms with Crippen LogP contribution in [0.3, 0.4) is 0 Å². The highest BCUT2D eigenvalue weighted by Crippen LogP contribution is 2.11. The zero-order valence-corrected chi connectivity index (χ0v) is 5.50. The summed E-state index contributed by atoms with van der Waals surface area (Å²) >= 11 is 0. The molecule has 9 heavy (non-hydrogen) atoms. The van der Waals surface area contributed by atoms with Gasteiger partial charge in [-0.05, 0) is 11.5 Å². The quantitative estimate of drug-likeness (QED) is 0.542. The molecule has 0 spiro atoms. The molecule has 0 nitrogen and oxygen atoms in total. The molecule has 0 unspecified atom stereocenters. The Labute approximate surface area is 65.0 Å². The first-order valence-corrected chi connectivity index (χ1v) is 2.75. The van der Waals surface area contributed by atoms with Crippen molar-refractivity contribution in [2.24, 2.45) is 0 Å². The van der Waals surface area contributed by atoms with Crippen LogP contribution in [0, 0.1) is 0 Å². The van der Waals surface area contributed by atoms with E-state index in [0.717, 1.165) is 0 Å². The van der Waals surface area contributed by atoms with Crippen LogP contribution in [-0.4, -0.2) is 0 Å². The molecular weight excluding hydrogens is 108 g/mol. The second-order valence-electron chi connectivity index (χ2n) is 2.00. The van der Waals surface area contributed by atoms with Gasteiger partial charge in [-0.15, -0.1) is 0 Å². The Morgan fingerprint density at radius 1 is 1.33 bits per heavy atom. The van der Waals surface area contributed by atoms with Crippen molar-refractivity contribution in [3.8, 4) is 0 Å². The lowest BCUT2D eigenvalue weighted by atomic mass is 10.0. The van der Waals surface area contributed by atoms with Crippen LogP contribution < -0.4 is 0 Å². The molecule has 0 aliphatic heterocycles. The number of hydrogen-bond donors (Lipinski definition) is 0. The standard InChI is InChI=1S/C9H12/c1-8(2)9-6-4-3-5-7-9/h3-8H,1-2H3/i3D,4D,5D,6D,7D,8D. The molecule has 0 amide bonds. The van der Waals surface area contributed by atoms with E-state index in [9.17, 15) is 0 Å². The third kappa shape index (κ3) is 1.56. The van der Waals surface area contributed by atoms with Crippen molar-refractivity contribution in [1.82, 2.24) is 0 Å². The van der Waals surface area contributed by atoms with Gasteiger partial charge in [-0.3, -0.25) is 0 Å². The lowest BCUT2D eigenvalue weighted by Crippen LogP contribution is -1.83. The summed E-state index contributed by atoms with van der Waals surface area (Å²) in [6, 6.07) is -1.77. The van der Waals surface area contributed by atoms with Gasteiger partial charge in [-0.2, -0.15) is 0 Å². The van der Waals surface area contributed by atoms with Gasteiger partial charge in [0.25, 0.3) is 0 Å². The monoisotopic (exact) mass is 126 g/mol. The van der Waals surface area contributed by atoms with E-state index < -0.39 is 11.9 Å². The highest BCUT2D eigenvalue weighted by atomic mass is 14.0. The van der Waals surface area contributed by atoms with Crippen LogP contribution in [-0.2, 0) is 0 Å². The summed E-state index contributed by atoms with van der Waals surface area (Å²) < 4.78 is 45.2. The van der Waals surface area contributed by atoms with Gasteiger partial charge in [0.15, 0.2) is 0 Å². The van der Waals surface area contributed by atoms with Crippen LogP contribution in [0.5, 0.6) is 0 Å². The van der Waals surface area contributed by atoms with E-state index in [4.69, 9.17) is 8.22 Å². The van der Waals surface area contributed by atoms with Gasteiger partial charge in [-0.1, -0.05) is 44.1 Å². The molecule has 0 aliphatic rings. The molecule has 1 aromatic carbocycles. The van der Waals surface area contributed by atoms with Crippen molar-refractivity contribution < 1.29 is 8.22 Å². The lowest BCUT2D eigenvalue weighted by Gasteiger charge is -2.01. The average Bonchev–Trinajstić information content (AvgIpc) is 2.09. The van der Waals surface area contributed by atoms with Crippen LogP contribution in [0.15, 0.2) is 30.2 Å². The Morgan fingerprint density at radius 2 is 1.89 bits per heavy atom. The van der Waals surface area contributed by atoms with E-state index >= 15 is 0 Å². The van der Waals surface area contributed by atoms with Gasteiger partial charge < -0.3 is 0 Å². The van der Waals surface area contributed by atoms with Crippen LogP contribution in [0.25, 0.3) is 0 Å². The molecule has 0 atom stereocenters. The maximum Gasteiger partial charge on any atom is 0.0626 e. The minimum Gasteiger partial charge on any atom is -0.0622 e. The first-order valence-electron chi connectivity index (χ1n) is 5.75. The Kier molecular flexibility index (Phi) is 0.630. The molecule has 0 heteroatoms. The van der Waals surface area contributed by atoms with E-state index in [-0.39, 0.29) is 29.7 Å². The van der Waals surface area contributed by atoms with Gasteiger partial charge in [0.05, 0.1) is 6.85 Å². The smallest absolute Gasteiger partial charge is 0.0622 e. The number of hydrogen-bond acceptors (Lipinski definition) is 0. The summed E-state index contributed by atoms with van der Waals surface area (Å²) in [5.41, 5.74) is 0.0356. The fourth-order valence-corrected chi connectivity index (χ4v) is 0.500. The van der Waals surface area contributed by atoms with Gasteiger partial charge >= 0.3 is 0 Å². The summed E-state index contributed by atoms with van der Waals surface area (Å²) in [7, 11) is 0. The van der Waals surface area contributed by atoms with Crippen molar-refractivity contribution in [3.05, 3.63) is 35.8 Å². The first-order chi connectivity index (χ1) is 6.68. The Balaban J connectivity index is 3.68. The SMILES string of the molecule is [2H]c1c([2H])c([2H])c(C([2H])(C)C)c([2H])c1[2H]. The summed E-state index contributed by atoms with van der Waals surface area (Å²) in [6.45, 7) is 3.00. The Morgan fingerprint density at radius 3 is 2.33 bits per heavy atom. The number of benzene rings is 1. The van der Waals surface area contributed by atoms with Crippen molar-refractivity contribution in [3.63, 3.8) is 0 Å². The molecule has 0 heterocycles. The second-order valence-corrected chi connectivity index (χ2v) is 2.00. The molecule has 48 valence electrons. The zero-order chi connectivity index (χ0) is 12.0. The highest BCUT2D eigenvalue weighted by molar-refractivity contribution is 5.17. The van der Waals surface area contributed by atoms with Gasteiger partial charge in [-0.25, -0.2) is 0 Å². The highest BCUT2D eigenvalue weighted by Gasteiger charge is 1.93. The molecular formula is C9H12. The molecule has 1 aromatic rings. The van der Waals surface area contributed by atoms with E-state index in [1.54, 1.807) is 0 Å². The normalized spacial score (nSPS) is 20.7. The maximum absolute atomic E-state index is 7.75. The maximum atomic E-state index is 7.75. The Hall–Kier alpha value is -0.780. The fourth-order valence-electron chi connectivity index (χ4n) is 0.500. The molecule has 0 N–H and O–H groups in total. The summed E-state index contributed by atoms with van der Waals surface area (Å²) in [6.07, 6.45) is 0.